The molecule has 0 unspecified atom stereocenters. The minimum atomic E-state index is -0.487. The smallest absolute Gasteiger partial charge is 0.237 e. The molecule has 1 heterocycles. The number of thioether (sulfide) groups is 1. The molecule has 2 N–H and O–H groups in total. The SMILES string of the molecule is Cc1ccc(N(CCC#N)C(=O)CSc2nnc(COc3ccccc3F)n2N)cc1. The van der Waals surface area contributed by atoms with Crippen LogP contribution in [0.5, 0.6) is 5.75 Å². The topological polar surface area (TPSA) is 110 Å². The van der Waals surface area contributed by atoms with Gasteiger partial charge in [-0.05, 0) is 31.2 Å². The number of nitrogens with zero attached hydrogens (tertiary/aromatic N) is 5. The third-order valence-corrected chi connectivity index (χ3v) is 5.28. The van der Waals surface area contributed by atoms with Crippen LogP contribution in [0.1, 0.15) is 17.8 Å². The van der Waals surface area contributed by atoms with Gasteiger partial charge in [-0.25, -0.2) is 9.07 Å². The zero-order valence-electron chi connectivity index (χ0n) is 16.9. The molecule has 10 heteroatoms. The molecule has 1 aromatic heterocycles. The summed E-state index contributed by atoms with van der Waals surface area (Å²) in [6.07, 6.45) is 0.217. The second kappa shape index (κ2) is 10.4. The van der Waals surface area contributed by atoms with Gasteiger partial charge in [0.25, 0.3) is 0 Å². The molecule has 2 aromatic carbocycles. The second-order valence-electron chi connectivity index (χ2n) is 6.57. The van der Waals surface area contributed by atoms with Gasteiger partial charge in [0.15, 0.2) is 17.4 Å². The van der Waals surface area contributed by atoms with E-state index in [1.165, 1.54) is 16.8 Å². The standard InChI is InChI=1S/C21H21FN6O2S/c1-15-7-9-16(10-8-15)27(12-4-11-23)20(29)14-31-21-26-25-19(28(21)24)13-30-18-6-3-2-5-17(18)22/h2-3,5-10H,4,12-14,24H2,1H3. The van der Waals surface area contributed by atoms with Crippen LogP contribution in [-0.4, -0.2) is 33.1 Å². The summed E-state index contributed by atoms with van der Waals surface area (Å²) >= 11 is 1.12. The number of amides is 1. The van der Waals surface area contributed by atoms with E-state index in [9.17, 15) is 9.18 Å². The number of hydrogen-bond donors (Lipinski definition) is 1. The molecule has 0 aliphatic rings. The van der Waals surface area contributed by atoms with Crippen LogP contribution in [0, 0.1) is 24.1 Å². The van der Waals surface area contributed by atoms with Gasteiger partial charge in [-0.15, -0.1) is 10.2 Å². The van der Waals surface area contributed by atoms with Crippen LogP contribution in [0.2, 0.25) is 0 Å². The first-order chi connectivity index (χ1) is 15.0. The number of anilines is 1. The molecule has 0 aliphatic carbocycles. The average Bonchev–Trinajstić information content (AvgIpc) is 3.12. The van der Waals surface area contributed by atoms with E-state index in [1.54, 1.807) is 17.0 Å². The van der Waals surface area contributed by atoms with Gasteiger partial charge in [-0.3, -0.25) is 4.79 Å². The van der Waals surface area contributed by atoms with Gasteiger partial charge in [0, 0.05) is 12.2 Å². The van der Waals surface area contributed by atoms with E-state index in [-0.39, 0.29) is 42.8 Å². The van der Waals surface area contributed by atoms with Crippen molar-refractivity contribution in [2.24, 2.45) is 0 Å². The quantitative estimate of drug-likeness (QED) is 0.402. The molecule has 160 valence electrons. The predicted molar refractivity (Wildman–Crippen MR) is 115 cm³/mol. The maximum absolute atomic E-state index is 13.7. The fourth-order valence-corrected chi connectivity index (χ4v) is 3.45. The lowest BCUT2D eigenvalue weighted by molar-refractivity contribution is -0.116. The normalized spacial score (nSPS) is 10.5. The molecule has 0 saturated heterocycles. The molecular formula is C21H21FN6O2S. The average molecular weight is 441 g/mol. The Balaban J connectivity index is 1.63. The largest absolute Gasteiger partial charge is 0.482 e. The molecule has 1 amide bonds. The number of carbonyl (C=O) groups is 1. The molecule has 8 nitrogen and oxygen atoms in total. The number of aryl methyl sites for hydroxylation is 1. The number of nitrogen functional groups attached to an aromatic ring is 1. The number of nitrogens with two attached hydrogens (primary N) is 1. The first-order valence-corrected chi connectivity index (χ1v) is 10.4. The van der Waals surface area contributed by atoms with E-state index in [4.69, 9.17) is 15.8 Å². The van der Waals surface area contributed by atoms with E-state index in [0.717, 1.165) is 23.0 Å². The highest BCUT2D eigenvalue weighted by Gasteiger charge is 2.18. The molecule has 0 spiro atoms. The van der Waals surface area contributed by atoms with Crippen LogP contribution >= 0.6 is 11.8 Å². The van der Waals surface area contributed by atoms with Gasteiger partial charge in [-0.1, -0.05) is 41.6 Å². The third kappa shape index (κ3) is 5.73. The van der Waals surface area contributed by atoms with Crippen molar-refractivity contribution in [3.8, 4) is 11.8 Å². The fraction of sp³-hybridized carbons (Fsp3) is 0.238. The lowest BCUT2D eigenvalue weighted by Gasteiger charge is -2.21. The number of nitriles is 1. The van der Waals surface area contributed by atoms with Crippen molar-refractivity contribution < 1.29 is 13.9 Å². The molecule has 0 fully saturated rings. The van der Waals surface area contributed by atoms with Crippen LogP contribution in [0.4, 0.5) is 10.1 Å². The highest BCUT2D eigenvalue weighted by atomic mass is 32.2. The number of benzene rings is 2. The van der Waals surface area contributed by atoms with Crippen molar-refractivity contribution >= 4 is 23.4 Å². The lowest BCUT2D eigenvalue weighted by Crippen LogP contribution is -2.33. The van der Waals surface area contributed by atoms with Gasteiger partial charge in [0.2, 0.25) is 11.1 Å². The summed E-state index contributed by atoms with van der Waals surface area (Å²) in [6.45, 7) is 2.18. The van der Waals surface area contributed by atoms with Crippen LogP contribution < -0.4 is 15.5 Å². The Bertz CT molecular complexity index is 1080. The van der Waals surface area contributed by atoms with Crippen LogP contribution in [0.15, 0.2) is 53.7 Å². The van der Waals surface area contributed by atoms with Crippen molar-refractivity contribution in [2.45, 2.75) is 25.1 Å². The fourth-order valence-electron chi connectivity index (χ4n) is 2.70. The Hall–Kier alpha value is -3.58. The third-order valence-electron chi connectivity index (χ3n) is 4.35. The van der Waals surface area contributed by atoms with Gasteiger partial charge in [0.05, 0.1) is 18.2 Å². The van der Waals surface area contributed by atoms with Crippen molar-refractivity contribution in [1.29, 1.82) is 5.26 Å². The number of halogens is 1. The maximum atomic E-state index is 13.7. The summed E-state index contributed by atoms with van der Waals surface area (Å²) < 4.78 is 20.3. The summed E-state index contributed by atoms with van der Waals surface area (Å²) in [5.41, 5.74) is 1.80. The Morgan fingerprint density at radius 2 is 2.00 bits per heavy atom. The van der Waals surface area contributed by atoms with E-state index < -0.39 is 5.82 Å². The monoisotopic (exact) mass is 440 g/mol. The summed E-state index contributed by atoms with van der Waals surface area (Å²) in [4.78, 5) is 14.4. The number of aromatic nitrogens is 3. The Morgan fingerprint density at radius 1 is 1.26 bits per heavy atom. The van der Waals surface area contributed by atoms with Gasteiger partial charge in [0.1, 0.15) is 6.61 Å². The van der Waals surface area contributed by atoms with Crippen LogP contribution in [0.3, 0.4) is 0 Å². The van der Waals surface area contributed by atoms with Crippen molar-refractivity contribution in [3.05, 3.63) is 65.7 Å². The number of rotatable bonds is 9. The van der Waals surface area contributed by atoms with E-state index >= 15 is 0 Å². The highest BCUT2D eigenvalue weighted by Crippen LogP contribution is 2.21. The van der Waals surface area contributed by atoms with Crippen molar-refractivity contribution in [2.75, 3.05) is 23.0 Å². The van der Waals surface area contributed by atoms with E-state index in [1.807, 2.05) is 31.2 Å². The van der Waals surface area contributed by atoms with Gasteiger partial charge < -0.3 is 15.5 Å². The molecule has 0 aliphatic heterocycles. The second-order valence-corrected chi connectivity index (χ2v) is 7.51. The Kier molecular flexibility index (Phi) is 7.45. The zero-order chi connectivity index (χ0) is 22.2. The Labute approximate surface area is 183 Å². The van der Waals surface area contributed by atoms with Gasteiger partial charge >= 0.3 is 0 Å². The minimum absolute atomic E-state index is 0.0583. The highest BCUT2D eigenvalue weighted by molar-refractivity contribution is 7.99. The number of carbonyl (C=O) groups excluding carboxylic acids is 1. The summed E-state index contributed by atoms with van der Waals surface area (Å²) in [6, 6.07) is 15.6. The number of ether oxygens (including phenoxy) is 1. The molecule has 3 rings (SSSR count). The minimum Gasteiger partial charge on any atom is -0.482 e. The maximum Gasteiger partial charge on any atom is 0.237 e. The molecule has 3 aromatic rings. The molecule has 0 atom stereocenters. The zero-order valence-corrected chi connectivity index (χ0v) is 17.7. The number of hydrogen-bond acceptors (Lipinski definition) is 7. The van der Waals surface area contributed by atoms with Gasteiger partial charge in [-0.2, -0.15) is 5.26 Å². The molecule has 0 radical (unpaired) electrons. The molecule has 31 heavy (non-hydrogen) atoms. The molecule has 0 bridgehead atoms. The lowest BCUT2D eigenvalue weighted by atomic mass is 10.2. The molecular weight excluding hydrogens is 419 g/mol. The predicted octanol–water partition coefficient (Wildman–Crippen LogP) is 3.06. The van der Waals surface area contributed by atoms with E-state index in [2.05, 4.69) is 16.3 Å². The summed E-state index contributed by atoms with van der Waals surface area (Å²) in [5.74, 6) is 5.77. The van der Waals surface area contributed by atoms with Crippen LogP contribution in [-0.2, 0) is 11.4 Å². The molecule has 0 saturated carbocycles. The van der Waals surface area contributed by atoms with Crippen molar-refractivity contribution in [1.82, 2.24) is 14.9 Å². The first kappa shape index (κ1) is 22.1. The summed E-state index contributed by atoms with van der Waals surface area (Å²) in [5, 5.41) is 17.2. The first-order valence-electron chi connectivity index (χ1n) is 9.43. The van der Waals surface area contributed by atoms with E-state index in [0.29, 0.717) is 5.16 Å². The Morgan fingerprint density at radius 3 is 2.71 bits per heavy atom. The summed E-state index contributed by atoms with van der Waals surface area (Å²) in [7, 11) is 0. The van der Waals surface area contributed by atoms with Crippen LogP contribution in [0.25, 0.3) is 0 Å². The number of para-hydroxylation sites is 1. The van der Waals surface area contributed by atoms with Crippen molar-refractivity contribution in [3.63, 3.8) is 0 Å².